The molecule has 0 aliphatic carbocycles. The van der Waals surface area contributed by atoms with Crippen LogP contribution in [0.2, 0.25) is 0 Å². The number of ether oxygens (including phenoxy) is 2. The molecule has 0 spiro atoms. The third-order valence-electron chi connectivity index (χ3n) is 3.24. The number of methoxy groups -OCH3 is 1. The fraction of sp³-hybridized carbons (Fsp3) is 0.929. The summed E-state index contributed by atoms with van der Waals surface area (Å²) in [5.74, 6) is 0.0461. The number of halogens is 2. The summed E-state index contributed by atoms with van der Waals surface area (Å²) < 4.78 is 10.6. The Labute approximate surface area is 146 Å². The standard InChI is InChI=1S/C14H29N3O3.2ClH/c1-12-10-17(11-13(2)20-12)7-4-5-16-14(18)9-15-6-8-19-3;;/h12-13,15H,4-11H2,1-3H3,(H,16,18);2*1H. The van der Waals surface area contributed by atoms with Crippen molar-refractivity contribution in [2.75, 3.05) is 53.0 Å². The van der Waals surface area contributed by atoms with Crippen molar-refractivity contribution in [1.82, 2.24) is 15.5 Å². The molecule has 8 heteroatoms. The van der Waals surface area contributed by atoms with Crippen LogP contribution in [0, 0.1) is 0 Å². The van der Waals surface area contributed by atoms with Crippen LogP contribution in [0.25, 0.3) is 0 Å². The number of hydrogen-bond donors (Lipinski definition) is 2. The maximum Gasteiger partial charge on any atom is 0.233 e. The largest absolute Gasteiger partial charge is 0.383 e. The van der Waals surface area contributed by atoms with Gasteiger partial charge in [0.2, 0.25) is 5.91 Å². The first kappa shape index (κ1) is 24.1. The maximum atomic E-state index is 11.5. The summed E-state index contributed by atoms with van der Waals surface area (Å²) >= 11 is 0. The highest BCUT2D eigenvalue weighted by Gasteiger charge is 2.21. The van der Waals surface area contributed by atoms with Gasteiger partial charge in [-0.1, -0.05) is 0 Å². The number of rotatable bonds is 9. The van der Waals surface area contributed by atoms with Crippen LogP contribution in [-0.4, -0.2) is 76.0 Å². The molecule has 2 unspecified atom stereocenters. The van der Waals surface area contributed by atoms with E-state index in [1.165, 1.54) is 0 Å². The fourth-order valence-electron chi connectivity index (χ4n) is 2.44. The molecule has 1 saturated heterocycles. The number of carbonyl (C=O) groups is 1. The van der Waals surface area contributed by atoms with Gasteiger partial charge < -0.3 is 20.1 Å². The quantitative estimate of drug-likeness (QED) is 0.592. The Balaban J connectivity index is 0. The van der Waals surface area contributed by atoms with E-state index in [1.54, 1.807) is 7.11 Å². The van der Waals surface area contributed by atoms with Crippen molar-refractivity contribution in [2.24, 2.45) is 0 Å². The van der Waals surface area contributed by atoms with E-state index in [2.05, 4.69) is 29.4 Å². The van der Waals surface area contributed by atoms with Crippen molar-refractivity contribution in [3.8, 4) is 0 Å². The molecule has 1 aliphatic heterocycles. The normalized spacial score (nSPS) is 21.6. The van der Waals surface area contributed by atoms with Crippen LogP contribution in [0.1, 0.15) is 20.3 Å². The van der Waals surface area contributed by atoms with E-state index >= 15 is 0 Å². The van der Waals surface area contributed by atoms with Crippen molar-refractivity contribution in [1.29, 1.82) is 0 Å². The predicted octanol–water partition coefficient (Wildman–Crippen LogP) is 0.682. The molecular weight excluding hydrogens is 329 g/mol. The highest BCUT2D eigenvalue weighted by atomic mass is 35.5. The van der Waals surface area contributed by atoms with Crippen LogP contribution in [0.15, 0.2) is 0 Å². The number of morpholine rings is 1. The lowest BCUT2D eigenvalue weighted by molar-refractivity contribution is -0.120. The molecule has 134 valence electrons. The number of hydrogen-bond acceptors (Lipinski definition) is 5. The minimum atomic E-state index is 0. The molecule has 2 N–H and O–H groups in total. The van der Waals surface area contributed by atoms with Gasteiger partial charge in [0.25, 0.3) is 0 Å². The van der Waals surface area contributed by atoms with Crippen molar-refractivity contribution in [3.05, 3.63) is 0 Å². The molecule has 1 fully saturated rings. The average molecular weight is 360 g/mol. The van der Waals surface area contributed by atoms with Crippen LogP contribution in [0.4, 0.5) is 0 Å². The lowest BCUT2D eigenvalue weighted by Gasteiger charge is -2.35. The van der Waals surface area contributed by atoms with Crippen molar-refractivity contribution in [3.63, 3.8) is 0 Å². The minimum absolute atomic E-state index is 0. The predicted molar refractivity (Wildman–Crippen MR) is 93.3 cm³/mol. The molecule has 0 aromatic carbocycles. The van der Waals surface area contributed by atoms with E-state index in [1.807, 2.05) is 0 Å². The summed E-state index contributed by atoms with van der Waals surface area (Å²) in [5, 5.41) is 5.95. The summed E-state index contributed by atoms with van der Waals surface area (Å²) in [6.45, 7) is 9.60. The molecule has 0 aromatic rings. The van der Waals surface area contributed by atoms with E-state index in [4.69, 9.17) is 9.47 Å². The van der Waals surface area contributed by atoms with E-state index < -0.39 is 0 Å². The van der Waals surface area contributed by atoms with Crippen molar-refractivity contribution < 1.29 is 14.3 Å². The topological polar surface area (TPSA) is 62.8 Å². The van der Waals surface area contributed by atoms with Gasteiger partial charge >= 0.3 is 0 Å². The SMILES string of the molecule is COCCNCC(=O)NCCCN1CC(C)OC(C)C1.Cl.Cl. The third-order valence-corrected chi connectivity index (χ3v) is 3.24. The van der Waals surface area contributed by atoms with Crippen LogP contribution in [0.3, 0.4) is 0 Å². The van der Waals surface area contributed by atoms with Gasteiger partial charge in [-0.15, -0.1) is 24.8 Å². The van der Waals surface area contributed by atoms with Gasteiger partial charge in [-0.25, -0.2) is 0 Å². The molecule has 1 aliphatic rings. The van der Waals surface area contributed by atoms with Crippen molar-refractivity contribution in [2.45, 2.75) is 32.5 Å². The van der Waals surface area contributed by atoms with Gasteiger partial charge in [0, 0.05) is 39.8 Å². The summed E-state index contributed by atoms with van der Waals surface area (Å²) in [4.78, 5) is 13.9. The zero-order valence-electron chi connectivity index (χ0n) is 13.8. The lowest BCUT2D eigenvalue weighted by Crippen LogP contribution is -2.46. The average Bonchev–Trinajstić information content (AvgIpc) is 2.39. The molecule has 1 amide bonds. The van der Waals surface area contributed by atoms with Crippen molar-refractivity contribution >= 4 is 30.7 Å². The highest BCUT2D eigenvalue weighted by Crippen LogP contribution is 2.10. The zero-order valence-corrected chi connectivity index (χ0v) is 15.4. The van der Waals surface area contributed by atoms with Gasteiger partial charge in [0.1, 0.15) is 0 Å². The van der Waals surface area contributed by atoms with E-state index in [0.29, 0.717) is 31.9 Å². The second-order valence-electron chi connectivity index (χ2n) is 5.39. The molecule has 22 heavy (non-hydrogen) atoms. The first-order valence-corrected chi connectivity index (χ1v) is 7.46. The minimum Gasteiger partial charge on any atom is -0.383 e. The summed E-state index contributed by atoms with van der Waals surface area (Å²) in [5.41, 5.74) is 0. The Hall–Kier alpha value is -0.110. The number of nitrogens with one attached hydrogen (secondary N) is 2. The Bertz CT molecular complexity index is 276. The molecular formula is C14H31Cl2N3O3. The lowest BCUT2D eigenvalue weighted by atomic mass is 10.2. The number of carbonyl (C=O) groups excluding carboxylic acids is 1. The molecule has 0 radical (unpaired) electrons. The Morgan fingerprint density at radius 3 is 2.45 bits per heavy atom. The molecule has 1 rings (SSSR count). The van der Waals surface area contributed by atoms with E-state index in [9.17, 15) is 4.79 Å². The first-order valence-electron chi connectivity index (χ1n) is 7.46. The van der Waals surface area contributed by atoms with Gasteiger partial charge in [-0.3, -0.25) is 9.69 Å². The summed E-state index contributed by atoms with van der Waals surface area (Å²) in [6.07, 6.45) is 1.58. The number of amides is 1. The van der Waals surface area contributed by atoms with E-state index in [-0.39, 0.29) is 30.7 Å². The molecule has 0 bridgehead atoms. The van der Waals surface area contributed by atoms with Crippen LogP contribution in [-0.2, 0) is 14.3 Å². The fourth-order valence-corrected chi connectivity index (χ4v) is 2.44. The maximum absolute atomic E-state index is 11.5. The Morgan fingerprint density at radius 2 is 1.86 bits per heavy atom. The zero-order chi connectivity index (χ0) is 14.8. The van der Waals surface area contributed by atoms with Gasteiger partial charge in [0.05, 0.1) is 25.4 Å². The van der Waals surface area contributed by atoms with Crippen LogP contribution >= 0.6 is 24.8 Å². The molecule has 2 atom stereocenters. The second kappa shape index (κ2) is 14.5. The molecule has 6 nitrogen and oxygen atoms in total. The Morgan fingerprint density at radius 1 is 1.23 bits per heavy atom. The van der Waals surface area contributed by atoms with Crippen LogP contribution in [0.5, 0.6) is 0 Å². The van der Waals surface area contributed by atoms with E-state index in [0.717, 1.165) is 32.6 Å². The summed E-state index contributed by atoms with van der Waals surface area (Å²) in [7, 11) is 1.65. The molecule has 0 saturated carbocycles. The molecule has 0 aromatic heterocycles. The Kier molecular flexibility index (Phi) is 15.9. The third kappa shape index (κ3) is 11.5. The second-order valence-corrected chi connectivity index (χ2v) is 5.39. The molecule has 1 heterocycles. The van der Waals surface area contributed by atoms with Gasteiger partial charge in [-0.05, 0) is 20.3 Å². The smallest absolute Gasteiger partial charge is 0.233 e. The number of nitrogens with zero attached hydrogens (tertiary/aromatic N) is 1. The monoisotopic (exact) mass is 359 g/mol. The highest BCUT2D eigenvalue weighted by molar-refractivity contribution is 5.85. The van der Waals surface area contributed by atoms with Gasteiger partial charge in [-0.2, -0.15) is 0 Å². The van der Waals surface area contributed by atoms with Gasteiger partial charge in [0.15, 0.2) is 0 Å². The first-order chi connectivity index (χ1) is 9.61. The summed E-state index contributed by atoms with van der Waals surface area (Å²) in [6, 6.07) is 0. The van der Waals surface area contributed by atoms with Crippen LogP contribution < -0.4 is 10.6 Å².